The predicted molar refractivity (Wildman–Crippen MR) is 103 cm³/mol. The van der Waals surface area contributed by atoms with Crippen LogP contribution >= 0.6 is 11.3 Å². The molecule has 27 heavy (non-hydrogen) atoms. The van der Waals surface area contributed by atoms with Gasteiger partial charge in [0.15, 0.2) is 5.65 Å². The summed E-state index contributed by atoms with van der Waals surface area (Å²) >= 11 is 1.65. The Morgan fingerprint density at radius 3 is 3.07 bits per heavy atom. The molecule has 1 unspecified atom stereocenters. The highest BCUT2D eigenvalue weighted by molar-refractivity contribution is 7.19. The summed E-state index contributed by atoms with van der Waals surface area (Å²) in [7, 11) is 0. The number of carbonyl (C=O) groups is 1. The van der Waals surface area contributed by atoms with E-state index in [9.17, 15) is 4.79 Å². The van der Waals surface area contributed by atoms with E-state index in [1.165, 1.54) is 16.9 Å². The number of ether oxygens (including phenoxy) is 1. The van der Waals surface area contributed by atoms with Crippen LogP contribution in [0, 0.1) is 5.92 Å². The van der Waals surface area contributed by atoms with Crippen LogP contribution < -0.4 is 0 Å². The molecule has 0 aliphatic carbocycles. The second-order valence-electron chi connectivity index (χ2n) is 8.36. The van der Waals surface area contributed by atoms with Crippen molar-refractivity contribution in [3.8, 4) is 0 Å². The number of piperidine rings is 1. The summed E-state index contributed by atoms with van der Waals surface area (Å²) in [6.07, 6.45) is 4.68. The van der Waals surface area contributed by atoms with E-state index in [4.69, 9.17) is 4.74 Å². The van der Waals surface area contributed by atoms with Gasteiger partial charge in [-0.3, -0.25) is 4.79 Å². The minimum Gasteiger partial charge on any atom is -0.370 e. The number of nitrogens with zero attached hydrogens (tertiary/aromatic N) is 5. The third-order valence-corrected chi connectivity index (χ3v) is 6.66. The molecule has 0 saturated carbocycles. The zero-order chi connectivity index (χ0) is 18.8. The van der Waals surface area contributed by atoms with E-state index in [1.807, 2.05) is 4.90 Å². The summed E-state index contributed by atoms with van der Waals surface area (Å²) in [5, 5.41) is 5.47. The van der Waals surface area contributed by atoms with Crippen molar-refractivity contribution in [2.24, 2.45) is 5.92 Å². The molecule has 0 N–H and O–H groups in total. The normalized spacial score (nSPS) is 22.3. The van der Waals surface area contributed by atoms with Crippen LogP contribution in [0.4, 0.5) is 0 Å². The SMILES string of the molecule is CC1CCCN(C(=O)c2nc3c4c5c(sc4ncn3n2)COC(C)(C)C5)C1. The van der Waals surface area contributed by atoms with Crippen molar-refractivity contribution in [3.05, 3.63) is 22.6 Å². The molecule has 3 aromatic rings. The number of hydrogen-bond acceptors (Lipinski definition) is 6. The lowest BCUT2D eigenvalue weighted by atomic mass is 9.94. The third-order valence-electron chi connectivity index (χ3n) is 5.54. The van der Waals surface area contributed by atoms with Gasteiger partial charge in [0.25, 0.3) is 5.91 Å². The predicted octanol–water partition coefficient (Wildman–Crippen LogP) is 3.06. The molecule has 1 amide bonds. The monoisotopic (exact) mass is 385 g/mol. The Morgan fingerprint density at radius 2 is 2.26 bits per heavy atom. The van der Waals surface area contributed by atoms with Gasteiger partial charge >= 0.3 is 0 Å². The Hall–Kier alpha value is -2.06. The van der Waals surface area contributed by atoms with E-state index in [0.717, 1.165) is 41.8 Å². The second-order valence-corrected chi connectivity index (χ2v) is 9.44. The smallest absolute Gasteiger partial charge is 0.293 e. The topological polar surface area (TPSA) is 72.6 Å². The molecule has 2 aliphatic heterocycles. The van der Waals surface area contributed by atoms with Crippen molar-refractivity contribution < 1.29 is 9.53 Å². The van der Waals surface area contributed by atoms with Gasteiger partial charge in [0.1, 0.15) is 11.2 Å². The Bertz CT molecular complexity index is 1050. The Kier molecular flexibility index (Phi) is 3.77. The first-order valence-corrected chi connectivity index (χ1v) is 10.3. The van der Waals surface area contributed by atoms with Crippen molar-refractivity contribution in [1.29, 1.82) is 0 Å². The van der Waals surface area contributed by atoms with Crippen LogP contribution in [-0.4, -0.2) is 49.1 Å². The summed E-state index contributed by atoms with van der Waals surface area (Å²) in [5.41, 5.74) is 1.75. The average Bonchev–Trinajstić information content (AvgIpc) is 3.20. The lowest BCUT2D eigenvalue weighted by Crippen LogP contribution is -2.39. The third kappa shape index (κ3) is 2.82. The lowest BCUT2D eigenvalue weighted by molar-refractivity contribution is -0.0379. The number of likely N-dealkylation sites (tertiary alicyclic amines) is 1. The molecule has 0 spiro atoms. The zero-order valence-corrected chi connectivity index (χ0v) is 16.7. The second kappa shape index (κ2) is 5.97. The molecule has 1 fully saturated rings. The molecule has 0 radical (unpaired) electrons. The molecule has 1 saturated heterocycles. The van der Waals surface area contributed by atoms with Crippen LogP contribution in [-0.2, 0) is 17.8 Å². The molecule has 8 heteroatoms. The summed E-state index contributed by atoms with van der Waals surface area (Å²) in [5.74, 6) is 0.718. The highest BCUT2D eigenvalue weighted by Gasteiger charge is 2.31. The first-order valence-electron chi connectivity index (χ1n) is 9.50. The largest absolute Gasteiger partial charge is 0.370 e. The fourth-order valence-electron chi connectivity index (χ4n) is 4.15. The Morgan fingerprint density at radius 1 is 1.41 bits per heavy atom. The average molecular weight is 385 g/mol. The Balaban J connectivity index is 1.60. The molecule has 142 valence electrons. The fraction of sp³-hybridized carbons (Fsp3) is 0.579. The van der Waals surface area contributed by atoms with Gasteiger partial charge in [-0.2, -0.15) is 0 Å². The number of thiophene rings is 1. The van der Waals surface area contributed by atoms with Crippen molar-refractivity contribution in [3.63, 3.8) is 0 Å². The van der Waals surface area contributed by atoms with E-state index >= 15 is 0 Å². The maximum Gasteiger partial charge on any atom is 0.293 e. The van der Waals surface area contributed by atoms with Crippen LogP contribution in [0.25, 0.3) is 15.9 Å². The molecule has 5 heterocycles. The molecule has 0 aromatic carbocycles. The van der Waals surface area contributed by atoms with Crippen molar-refractivity contribution >= 4 is 33.1 Å². The number of hydrogen-bond donors (Lipinski definition) is 0. The Labute approximate surface area is 161 Å². The van der Waals surface area contributed by atoms with Gasteiger partial charge in [-0.25, -0.2) is 14.5 Å². The standard InChI is InChI=1S/C19H23N5O2S/c1-11-5-4-6-23(8-11)18(25)15-21-16-14-12-7-19(2,3)26-9-13(12)27-17(14)20-10-24(16)22-15/h10-11H,4-9H2,1-3H3. The van der Waals surface area contributed by atoms with Gasteiger partial charge in [0.05, 0.1) is 17.6 Å². The number of carbonyl (C=O) groups excluding carboxylic acids is 1. The van der Waals surface area contributed by atoms with Crippen molar-refractivity contribution in [1.82, 2.24) is 24.5 Å². The highest BCUT2D eigenvalue weighted by atomic mass is 32.1. The molecule has 0 bridgehead atoms. The summed E-state index contributed by atoms with van der Waals surface area (Å²) in [4.78, 5) is 26.2. The van der Waals surface area contributed by atoms with Crippen LogP contribution in [0.2, 0.25) is 0 Å². The minimum atomic E-state index is -0.212. The van der Waals surface area contributed by atoms with Crippen LogP contribution in [0.1, 0.15) is 54.7 Å². The highest BCUT2D eigenvalue weighted by Crippen LogP contribution is 2.39. The van der Waals surface area contributed by atoms with Gasteiger partial charge < -0.3 is 9.64 Å². The van der Waals surface area contributed by atoms with Gasteiger partial charge in [-0.05, 0) is 38.2 Å². The molecule has 2 aliphatic rings. The zero-order valence-electron chi connectivity index (χ0n) is 15.9. The van der Waals surface area contributed by atoms with Gasteiger partial charge in [-0.1, -0.05) is 6.92 Å². The quantitative estimate of drug-likeness (QED) is 0.644. The van der Waals surface area contributed by atoms with E-state index in [1.54, 1.807) is 22.2 Å². The fourth-order valence-corrected chi connectivity index (χ4v) is 5.21. The minimum absolute atomic E-state index is 0.0776. The van der Waals surface area contributed by atoms with E-state index in [-0.39, 0.29) is 17.3 Å². The summed E-state index contributed by atoms with van der Waals surface area (Å²) < 4.78 is 7.60. The molecule has 3 aromatic heterocycles. The maximum absolute atomic E-state index is 12.9. The van der Waals surface area contributed by atoms with Crippen LogP contribution in [0.5, 0.6) is 0 Å². The number of amides is 1. The van der Waals surface area contributed by atoms with E-state index in [0.29, 0.717) is 12.5 Å². The number of rotatable bonds is 1. The molecule has 7 nitrogen and oxygen atoms in total. The first kappa shape index (κ1) is 17.1. The van der Waals surface area contributed by atoms with Gasteiger partial charge in [-0.15, -0.1) is 16.4 Å². The van der Waals surface area contributed by atoms with Crippen molar-refractivity contribution in [2.45, 2.75) is 52.2 Å². The summed E-state index contributed by atoms with van der Waals surface area (Å²) in [6, 6.07) is 0. The van der Waals surface area contributed by atoms with Gasteiger partial charge in [0.2, 0.25) is 5.82 Å². The lowest BCUT2D eigenvalue weighted by Gasteiger charge is -2.30. The van der Waals surface area contributed by atoms with E-state index in [2.05, 4.69) is 35.8 Å². The van der Waals surface area contributed by atoms with E-state index < -0.39 is 0 Å². The first-order chi connectivity index (χ1) is 12.9. The molecule has 1 atom stereocenters. The van der Waals surface area contributed by atoms with Crippen molar-refractivity contribution in [2.75, 3.05) is 13.1 Å². The van der Waals surface area contributed by atoms with Crippen LogP contribution in [0.3, 0.4) is 0 Å². The maximum atomic E-state index is 12.9. The number of fused-ring (bicyclic) bond motifs is 5. The molecular weight excluding hydrogens is 362 g/mol. The summed E-state index contributed by atoms with van der Waals surface area (Å²) in [6.45, 7) is 8.55. The van der Waals surface area contributed by atoms with Crippen LogP contribution in [0.15, 0.2) is 6.33 Å². The number of aromatic nitrogens is 4. The molecule has 5 rings (SSSR count). The molecular formula is C19H23N5O2S. The van der Waals surface area contributed by atoms with Gasteiger partial charge in [0, 0.05) is 24.4 Å².